The summed E-state index contributed by atoms with van der Waals surface area (Å²) in [6.07, 6.45) is 1.41. The topological polar surface area (TPSA) is 34.1 Å². The first-order valence-electron chi connectivity index (χ1n) is 6.27. The molecule has 0 aliphatic heterocycles. The lowest BCUT2D eigenvalue weighted by Crippen LogP contribution is -2.17. The van der Waals surface area contributed by atoms with Gasteiger partial charge in [0, 0.05) is 12.8 Å². The summed E-state index contributed by atoms with van der Waals surface area (Å²) >= 11 is 0. The van der Waals surface area contributed by atoms with Gasteiger partial charge in [-0.05, 0) is 22.8 Å². The molecule has 1 aliphatic rings. The molecule has 0 saturated heterocycles. The lowest BCUT2D eigenvalue weighted by atomic mass is 9.95. The first-order valence-corrected chi connectivity index (χ1v) is 6.27. The first kappa shape index (κ1) is 11.1. The van der Waals surface area contributed by atoms with Crippen molar-refractivity contribution in [2.24, 2.45) is 5.92 Å². The fourth-order valence-corrected chi connectivity index (χ4v) is 2.60. The van der Waals surface area contributed by atoms with Crippen LogP contribution in [0, 0.1) is 5.92 Å². The number of rotatable bonds is 2. The normalized spacial score (nSPS) is 16.7. The van der Waals surface area contributed by atoms with Crippen LogP contribution in [0.25, 0.3) is 10.8 Å². The molecule has 1 saturated carbocycles. The predicted octanol–water partition coefficient (Wildman–Crippen LogP) is 2.93. The van der Waals surface area contributed by atoms with E-state index in [0.717, 1.165) is 10.9 Å². The van der Waals surface area contributed by atoms with Gasteiger partial charge in [-0.2, -0.15) is 0 Å². The van der Waals surface area contributed by atoms with Crippen molar-refractivity contribution >= 4 is 22.3 Å². The molecule has 0 unspecified atom stereocenters. The largest absolute Gasteiger partial charge is 0.299 e. The second-order valence-electron chi connectivity index (χ2n) is 4.87. The van der Waals surface area contributed by atoms with Crippen molar-refractivity contribution in [3.8, 4) is 0 Å². The van der Waals surface area contributed by atoms with Crippen molar-refractivity contribution in [1.29, 1.82) is 0 Å². The first-order chi connectivity index (χ1) is 8.74. The highest BCUT2D eigenvalue weighted by molar-refractivity contribution is 6.08. The third-order valence-electron chi connectivity index (χ3n) is 3.65. The van der Waals surface area contributed by atoms with Crippen LogP contribution in [0.3, 0.4) is 0 Å². The van der Waals surface area contributed by atoms with Crippen LogP contribution in [0.2, 0.25) is 0 Å². The Balaban J connectivity index is 1.91. The molecule has 0 spiro atoms. The molecule has 18 heavy (non-hydrogen) atoms. The van der Waals surface area contributed by atoms with Crippen molar-refractivity contribution < 1.29 is 9.59 Å². The standard InChI is InChI=1S/C16H14O2/c17-15-7-8-16(18)14(15)10-11-5-6-12-3-1-2-4-13(12)9-11/h1-6,9,14H,7-8,10H2. The summed E-state index contributed by atoms with van der Waals surface area (Å²) in [6, 6.07) is 14.3. The predicted molar refractivity (Wildman–Crippen MR) is 70.4 cm³/mol. The number of carbonyl (C=O) groups is 2. The average molecular weight is 238 g/mol. The van der Waals surface area contributed by atoms with E-state index in [1.807, 2.05) is 18.2 Å². The van der Waals surface area contributed by atoms with Gasteiger partial charge in [0.15, 0.2) is 0 Å². The van der Waals surface area contributed by atoms with Gasteiger partial charge in [0.2, 0.25) is 0 Å². The Bertz CT molecular complexity index is 612. The van der Waals surface area contributed by atoms with Gasteiger partial charge >= 0.3 is 0 Å². The summed E-state index contributed by atoms with van der Waals surface area (Å²) in [5.41, 5.74) is 1.07. The minimum atomic E-state index is -0.397. The van der Waals surface area contributed by atoms with E-state index in [1.54, 1.807) is 0 Å². The second-order valence-corrected chi connectivity index (χ2v) is 4.87. The van der Waals surface area contributed by atoms with E-state index in [1.165, 1.54) is 5.39 Å². The highest BCUT2D eigenvalue weighted by Gasteiger charge is 2.32. The van der Waals surface area contributed by atoms with Crippen molar-refractivity contribution in [2.45, 2.75) is 19.3 Å². The lowest BCUT2D eigenvalue weighted by molar-refractivity contribution is -0.127. The molecule has 0 aromatic heterocycles. The Hall–Kier alpha value is -1.96. The van der Waals surface area contributed by atoms with Crippen LogP contribution < -0.4 is 0 Å². The summed E-state index contributed by atoms with van der Waals surface area (Å²) in [6.45, 7) is 0. The maximum absolute atomic E-state index is 11.6. The second kappa shape index (κ2) is 4.37. The highest BCUT2D eigenvalue weighted by atomic mass is 16.2. The molecule has 0 heterocycles. The number of carbonyl (C=O) groups excluding carboxylic acids is 2. The number of hydrogen-bond acceptors (Lipinski definition) is 2. The molecule has 0 atom stereocenters. The van der Waals surface area contributed by atoms with Crippen molar-refractivity contribution in [2.75, 3.05) is 0 Å². The Morgan fingerprint density at radius 1 is 0.889 bits per heavy atom. The van der Waals surface area contributed by atoms with Crippen LogP contribution in [0.4, 0.5) is 0 Å². The maximum atomic E-state index is 11.6. The maximum Gasteiger partial charge on any atom is 0.144 e. The zero-order valence-electron chi connectivity index (χ0n) is 10.1. The molecule has 0 bridgehead atoms. The number of hydrogen-bond donors (Lipinski definition) is 0. The summed E-state index contributed by atoms with van der Waals surface area (Å²) in [5.74, 6) is -0.188. The number of Topliss-reactive ketones (excluding diaryl/α,β-unsaturated/α-hetero) is 2. The van der Waals surface area contributed by atoms with Crippen LogP contribution in [0.15, 0.2) is 42.5 Å². The van der Waals surface area contributed by atoms with Crippen molar-refractivity contribution in [1.82, 2.24) is 0 Å². The highest BCUT2D eigenvalue weighted by Crippen LogP contribution is 2.24. The molecule has 0 amide bonds. The average Bonchev–Trinajstić information content (AvgIpc) is 2.70. The van der Waals surface area contributed by atoms with Gasteiger partial charge in [0.1, 0.15) is 11.6 Å². The zero-order chi connectivity index (χ0) is 12.5. The summed E-state index contributed by atoms with van der Waals surface area (Å²) in [7, 11) is 0. The number of benzene rings is 2. The third kappa shape index (κ3) is 1.94. The Labute approximate surface area is 106 Å². The molecule has 2 heteroatoms. The molecule has 1 aliphatic carbocycles. The van der Waals surface area contributed by atoms with Gasteiger partial charge < -0.3 is 0 Å². The van der Waals surface area contributed by atoms with Crippen LogP contribution in [0.5, 0.6) is 0 Å². The Morgan fingerprint density at radius 3 is 2.28 bits per heavy atom. The molecule has 3 rings (SSSR count). The van der Waals surface area contributed by atoms with Crippen LogP contribution in [0.1, 0.15) is 18.4 Å². The fraction of sp³-hybridized carbons (Fsp3) is 0.250. The van der Waals surface area contributed by atoms with E-state index in [0.29, 0.717) is 19.3 Å². The summed E-state index contributed by atoms with van der Waals surface area (Å²) in [4.78, 5) is 23.3. The van der Waals surface area contributed by atoms with Crippen LogP contribution in [-0.4, -0.2) is 11.6 Å². The quantitative estimate of drug-likeness (QED) is 0.754. The molecule has 0 radical (unpaired) electrons. The minimum absolute atomic E-state index is 0.105. The monoisotopic (exact) mass is 238 g/mol. The fourth-order valence-electron chi connectivity index (χ4n) is 2.60. The molecule has 2 nitrogen and oxygen atoms in total. The molecule has 1 fully saturated rings. The van der Waals surface area contributed by atoms with Crippen molar-refractivity contribution in [3.63, 3.8) is 0 Å². The van der Waals surface area contributed by atoms with Crippen LogP contribution in [-0.2, 0) is 16.0 Å². The van der Waals surface area contributed by atoms with E-state index in [4.69, 9.17) is 0 Å². The number of fused-ring (bicyclic) bond motifs is 1. The molecule has 2 aromatic rings. The zero-order valence-corrected chi connectivity index (χ0v) is 10.1. The SMILES string of the molecule is O=C1CCC(=O)C1Cc1ccc2ccccc2c1. The van der Waals surface area contributed by atoms with Gasteiger partial charge in [-0.25, -0.2) is 0 Å². The van der Waals surface area contributed by atoms with Gasteiger partial charge in [0.25, 0.3) is 0 Å². The molecular weight excluding hydrogens is 224 g/mol. The molecule has 2 aromatic carbocycles. The molecule has 0 N–H and O–H groups in total. The van der Waals surface area contributed by atoms with E-state index >= 15 is 0 Å². The summed E-state index contributed by atoms with van der Waals surface area (Å²) in [5, 5.41) is 2.35. The Morgan fingerprint density at radius 2 is 1.56 bits per heavy atom. The van der Waals surface area contributed by atoms with E-state index in [2.05, 4.69) is 24.3 Å². The third-order valence-corrected chi connectivity index (χ3v) is 3.65. The van der Waals surface area contributed by atoms with Gasteiger partial charge in [-0.3, -0.25) is 9.59 Å². The van der Waals surface area contributed by atoms with Gasteiger partial charge in [-0.1, -0.05) is 42.5 Å². The summed E-state index contributed by atoms with van der Waals surface area (Å²) < 4.78 is 0. The number of ketones is 2. The van der Waals surface area contributed by atoms with Gasteiger partial charge in [0.05, 0.1) is 5.92 Å². The van der Waals surface area contributed by atoms with Crippen LogP contribution >= 0.6 is 0 Å². The lowest BCUT2D eigenvalue weighted by Gasteiger charge is -2.08. The Kier molecular flexibility index (Phi) is 2.71. The van der Waals surface area contributed by atoms with E-state index < -0.39 is 5.92 Å². The van der Waals surface area contributed by atoms with E-state index in [9.17, 15) is 9.59 Å². The smallest absolute Gasteiger partial charge is 0.144 e. The molecular formula is C16H14O2. The van der Waals surface area contributed by atoms with Gasteiger partial charge in [-0.15, -0.1) is 0 Å². The minimum Gasteiger partial charge on any atom is -0.299 e. The molecule has 90 valence electrons. The van der Waals surface area contributed by atoms with E-state index in [-0.39, 0.29) is 11.6 Å². The van der Waals surface area contributed by atoms with Crippen molar-refractivity contribution in [3.05, 3.63) is 48.0 Å².